The quantitative estimate of drug-likeness (QED) is 0.101. The topological polar surface area (TPSA) is 171 Å². The molecule has 6 atom stereocenters. The maximum atomic E-state index is 14.3. The maximum absolute atomic E-state index is 14.3. The minimum absolute atomic E-state index is 0.0495. The molecule has 6 N–H and O–H groups in total. The molecule has 244 valence electrons. The van der Waals surface area contributed by atoms with Crippen molar-refractivity contribution in [3.05, 3.63) is 12.7 Å². The van der Waals surface area contributed by atoms with Crippen LogP contribution in [0.25, 0.3) is 0 Å². The summed E-state index contributed by atoms with van der Waals surface area (Å²) in [7, 11) is 0. The molecule has 0 radical (unpaired) electrons. The van der Waals surface area contributed by atoms with E-state index in [1.54, 1.807) is 19.9 Å². The zero-order chi connectivity index (χ0) is 33.0. The van der Waals surface area contributed by atoms with Gasteiger partial charge in [0.15, 0.2) is 12.1 Å². The predicted octanol–water partition coefficient (Wildman–Crippen LogP) is 1.87. The first kappa shape index (κ1) is 36.6. The Balaban J connectivity index is 2.40. The number of nitrogens with one attached hydrogen (secondary N) is 3. The lowest BCUT2D eigenvalue weighted by atomic mass is 9.74. The Morgan fingerprint density at radius 2 is 1.58 bits per heavy atom. The van der Waals surface area contributed by atoms with Crippen molar-refractivity contribution < 1.29 is 29.1 Å². The van der Waals surface area contributed by atoms with Crippen molar-refractivity contribution in [2.45, 2.75) is 119 Å². The Kier molecular flexibility index (Phi) is 12.3. The third kappa shape index (κ3) is 9.43. The number of likely N-dealkylation sites (tertiary alicyclic amines) is 1. The van der Waals surface area contributed by atoms with Gasteiger partial charge in [-0.15, -0.1) is 6.58 Å². The van der Waals surface area contributed by atoms with E-state index in [0.717, 1.165) is 12.8 Å². The summed E-state index contributed by atoms with van der Waals surface area (Å²) in [6, 6.07) is -3.58. The molecule has 2 unspecified atom stereocenters. The lowest BCUT2D eigenvalue weighted by molar-refractivity contribution is -0.146. The fourth-order valence-corrected chi connectivity index (χ4v) is 5.84. The molecular formula is C32H55N5O6. The molecule has 0 aromatic heterocycles. The van der Waals surface area contributed by atoms with Crippen molar-refractivity contribution in [1.82, 2.24) is 20.9 Å². The van der Waals surface area contributed by atoms with Crippen LogP contribution in [-0.4, -0.2) is 76.4 Å². The van der Waals surface area contributed by atoms with Crippen molar-refractivity contribution in [2.24, 2.45) is 40.2 Å². The molecule has 2 fully saturated rings. The van der Waals surface area contributed by atoms with Gasteiger partial charge in [0.25, 0.3) is 5.91 Å². The number of Topliss-reactive ketones (excluding diaryl/α,β-unsaturated/α-hetero) is 2. The van der Waals surface area contributed by atoms with E-state index in [4.69, 9.17) is 5.73 Å². The highest BCUT2D eigenvalue weighted by atomic mass is 16.3. The van der Waals surface area contributed by atoms with E-state index in [-0.39, 0.29) is 36.0 Å². The summed E-state index contributed by atoms with van der Waals surface area (Å²) in [5, 5.41) is 19.7. The summed E-state index contributed by atoms with van der Waals surface area (Å²) in [6.45, 7) is 21.0. The molecule has 2 rings (SSSR count). The standard InChI is InChI=1S/C32H55N5O6/c1-11-32(9,10)20-14-15-37(23(20)28(41)34-21(16-19-12-13-19)25(39)27(33)40)29(42)26(31(6,7)8)36-30(43)35-22(17(2)3)24(38)18(4)5/h11,17-23,26,30,35-36,43H,1,12-16H2,2-10H3,(H2,33,40)(H,34,41)/t20-,21?,22-,23-,26+,30?/m0/s1. The van der Waals surface area contributed by atoms with Gasteiger partial charge in [-0.05, 0) is 41.4 Å². The second kappa shape index (κ2) is 14.4. The highest BCUT2D eigenvalue weighted by Gasteiger charge is 2.50. The Morgan fingerprint density at radius 3 is 2.02 bits per heavy atom. The Labute approximate surface area is 257 Å². The van der Waals surface area contributed by atoms with E-state index >= 15 is 0 Å². The lowest BCUT2D eigenvalue weighted by Crippen LogP contribution is -2.63. The number of primary amides is 1. The molecule has 3 amide bonds. The van der Waals surface area contributed by atoms with E-state index < -0.39 is 64.9 Å². The van der Waals surface area contributed by atoms with Gasteiger partial charge in [0.2, 0.25) is 17.6 Å². The molecule has 2 aliphatic rings. The number of hydrogen-bond acceptors (Lipinski definition) is 8. The van der Waals surface area contributed by atoms with Crippen molar-refractivity contribution in [3.8, 4) is 0 Å². The second-order valence-corrected chi connectivity index (χ2v) is 14.7. The fraction of sp³-hybridized carbons (Fsp3) is 0.781. The summed E-state index contributed by atoms with van der Waals surface area (Å²) in [6.07, 6.45) is 3.03. The third-order valence-corrected chi connectivity index (χ3v) is 8.89. The Bertz CT molecular complexity index is 1060. The smallest absolute Gasteiger partial charge is 0.287 e. The lowest BCUT2D eigenvalue weighted by Gasteiger charge is -2.40. The Morgan fingerprint density at radius 1 is 1.00 bits per heavy atom. The molecule has 0 spiro atoms. The van der Waals surface area contributed by atoms with E-state index in [1.807, 2.05) is 48.5 Å². The summed E-state index contributed by atoms with van der Waals surface area (Å²) in [5.41, 5.74) is 4.07. The summed E-state index contributed by atoms with van der Waals surface area (Å²) < 4.78 is 0. The van der Waals surface area contributed by atoms with Crippen LogP contribution < -0.4 is 21.7 Å². The predicted molar refractivity (Wildman–Crippen MR) is 165 cm³/mol. The number of aliphatic hydroxyl groups excluding tert-OH is 1. The molecule has 1 aliphatic heterocycles. The number of rotatable bonds is 16. The SMILES string of the molecule is C=CC(C)(C)[C@H]1CCN(C(=O)[C@@H](NC(O)N[C@H](C(=O)C(C)C)C(C)C)C(C)(C)C)[C@@H]1C(=O)NC(CC1CC1)C(=O)C(N)=O. The van der Waals surface area contributed by atoms with Crippen LogP contribution in [0, 0.1) is 34.5 Å². The van der Waals surface area contributed by atoms with Crippen molar-refractivity contribution in [2.75, 3.05) is 6.54 Å². The minimum atomic E-state index is -1.38. The first-order chi connectivity index (χ1) is 19.7. The number of carbonyl (C=O) groups excluding carboxylic acids is 5. The Hall–Kier alpha value is -2.63. The number of amides is 3. The van der Waals surface area contributed by atoms with Crippen molar-refractivity contribution in [3.63, 3.8) is 0 Å². The average Bonchev–Trinajstić information content (AvgIpc) is 3.60. The number of carbonyl (C=O) groups is 5. The van der Waals surface area contributed by atoms with E-state index in [1.165, 1.54) is 4.90 Å². The highest BCUT2D eigenvalue weighted by Crippen LogP contribution is 2.41. The molecule has 0 bridgehead atoms. The molecule has 0 aromatic carbocycles. The van der Waals surface area contributed by atoms with Crippen molar-refractivity contribution >= 4 is 29.3 Å². The zero-order valence-electron chi connectivity index (χ0n) is 27.5. The summed E-state index contributed by atoms with van der Waals surface area (Å²) in [5.74, 6) is -3.37. The molecule has 1 saturated heterocycles. The van der Waals surface area contributed by atoms with Crippen LogP contribution in [0.5, 0.6) is 0 Å². The molecule has 1 aliphatic carbocycles. The van der Waals surface area contributed by atoms with Crippen LogP contribution in [0.2, 0.25) is 0 Å². The van der Waals surface area contributed by atoms with Gasteiger partial charge in [0.1, 0.15) is 6.04 Å². The van der Waals surface area contributed by atoms with Gasteiger partial charge in [-0.3, -0.25) is 34.6 Å². The van der Waals surface area contributed by atoms with Gasteiger partial charge < -0.3 is 21.1 Å². The van der Waals surface area contributed by atoms with Crippen molar-refractivity contribution in [1.29, 1.82) is 0 Å². The van der Waals surface area contributed by atoms with Gasteiger partial charge >= 0.3 is 0 Å². The van der Waals surface area contributed by atoms with Crippen LogP contribution in [-0.2, 0) is 24.0 Å². The zero-order valence-corrected chi connectivity index (χ0v) is 27.5. The average molecular weight is 606 g/mol. The van der Waals surface area contributed by atoms with Crippen LogP contribution in [0.1, 0.15) is 88.0 Å². The molecule has 1 heterocycles. The van der Waals surface area contributed by atoms with Gasteiger partial charge in [-0.1, -0.05) is 81.2 Å². The molecule has 43 heavy (non-hydrogen) atoms. The van der Waals surface area contributed by atoms with E-state index in [0.29, 0.717) is 12.8 Å². The molecule has 0 aromatic rings. The van der Waals surface area contributed by atoms with Crippen LogP contribution in [0.4, 0.5) is 0 Å². The van der Waals surface area contributed by atoms with Gasteiger partial charge in [0, 0.05) is 12.5 Å². The first-order valence-corrected chi connectivity index (χ1v) is 15.5. The summed E-state index contributed by atoms with van der Waals surface area (Å²) >= 11 is 0. The minimum Gasteiger partial charge on any atom is -0.365 e. The molecular weight excluding hydrogens is 550 g/mol. The maximum Gasteiger partial charge on any atom is 0.287 e. The second-order valence-electron chi connectivity index (χ2n) is 14.7. The number of nitrogens with zero attached hydrogens (tertiary/aromatic N) is 1. The molecule has 11 heteroatoms. The molecule has 11 nitrogen and oxygen atoms in total. The van der Waals surface area contributed by atoms with E-state index in [2.05, 4.69) is 22.5 Å². The monoisotopic (exact) mass is 605 g/mol. The van der Waals surface area contributed by atoms with Gasteiger partial charge in [0.05, 0.1) is 18.1 Å². The molecule has 1 saturated carbocycles. The first-order valence-electron chi connectivity index (χ1n) is 15.5. The number of aliphatic hydroxyl groups is 1. The fourth-order valence-electron chi connectivity index (χ4n) is 5.84. The van der Waals surface area contributed by atoms with E-state index in [9.17, 15) is 29.1 Å². The van der Waals surface area contributed by atoms with Crippen LogP contribution in [0.3, 0.4) is 0 Å². The largest absolute Gasteiger partial charge is 0.365 e. The number of hydrogen-bond donors (Lipinski definition) is 5. The van der Waals surface area contributed by atoms with Gasteiger partial charge in [-0.25, -0.2) is 0 Å². The number of allylic oxidation sites excluding steroid dienone is 1. The normalized spacial score (nSPS) is 22.2. The van der Waals surface area contributed by atoms with Crippen LogP contribution in [0.15, 0.2) is 12.7 Å². The number of ketones is 2. The third-order valence-electron chi connectivity index (χ3n) is 8.89. The number of nitrogens with two attached hydrogens (primary N) is 1. The van der Waals surface area contributed by atoms with Gasteiger partial charge in [-0.2, -0.15) is 0 Å². The van der Waals surface area contributed by atoms with Crippen LogP contribution >= 0.6 is 0 Å². The highest BCUT2D eigenvalue weighted by molar-refractivity contribution is 6.37. The summed E-state index contributed by atoms with van der Waals surface area (Å²) in [4.78, 5) is 67.0.